The van der Waals surface area contributed by atoms with Crippen molar-refractivity contribution in [3.8, 4) is 0 Å². The predicted molar refractivity (Wildman–Crippen MR) is 119 cm³/mol. The van der Waals surface area contributed by atoms with Crippen LogP contribution in [0.4, 0.5) is 4.79 Å². The number of carbonyl (C=O) groups excluding carboxylic acids is 4. The fraction of sp³-hybridized carbons (Fsp3) is 0.565. The molecule has 1 saturated carbocycles. The highest BCUT2D eigenvalue weighted by molar-refractivity contribution is 6.31. The number of carbonyl (C=O) groups is 4. The zero-order chi connectivity index (χ0) is 23.9. The number of hydrogen-bond donors (Lipinski definition) is 2. The Morgan fingerprint density at radius 1 is 1.16 bits per heavy atom. The molecule has 9 heteroatoms. The molecule has 0 aromatic heterocycles. The Morgan fingerprint density at radius 3 is 2.41 bits per heavy atom. The van der Waals surface area contributed by atoms with E-state index >= 15 is 0 Å². The molecular formula is C23H31ClN2O6. The van der Waals surface area contributed by atoms with Gasteiger partial charge in [0.1, 0.15) is 11.5 Å². The number of Topliss-reactive ketones (excluding diaryl/α,β-unsaturated/α-hetero) is 1. The predicted octanol–water partition coefficient (Wildman–Crippen LogP) is 3.50. The van der Waals surface area contributed by atoms with Gasteiger partial charge in [-0.3, -0.25) is 9.59 Å². The van der Waals surface area contributed by atoms with Crippen LogP contribution < -0.4 is 10.6 Å². The first-order chi connectivity index (χ1) is 15.1. The van der Waals surface area contributed by atoms with Gasteiger partial charge in [0.05, 0.1) is 0 Å². The zero-order valence-corrected chi connectivity index (χ0v) is 19.7. The minimum absolute atomic E-state index is 0.0755. The number of alkyl carbamates (subject to hydrolysis) is 1. The van der Waals surface area contributed by atoms with Gasteiger partial charge < -0.3 is 20.1 Å². The molecule has 0 saturated heterocycles. The van der Waals surface area contributed by atoms with Gasteiger partial charge in [-0.2, -0.15) is 0 Å². The number of amides is 2. The maximum absolute atomic E-state index is 13.4. The van der Waals surface area contributed by atoms with Crippen molar-refractivity contribution in [3.63, 3.8) is 0 Å². The SMILES string of the molecule is CNC(=O)OC(OC(=O)[C@H](CC(C)C)NC(C)=O)[C@]1(c2ccccc2Cl)CCCCC1=O. The third kappa shape index (κ3) is 6.00. The fourth-order valence-electron chi connectivity index (χ4n) is 4.04. The summed E-state index contributed by atoms with van der Waals surface area (Å²) in [5.74, 6) is -1.33. The number of nitrogens with one attached hydrogen (secondary N) is 2. The maximum atomic E-state index is 13.4. The van der Waals surface area contributed by atoms with Crippen LogP contribution in [0.1, 0.15) is 58.4 Å². The van der Waals surface area contributed by atoms with E-state index in [0.717, 1.165) is 0 Å². The van der Waals surface area contributed by atoms with Gasteiger partial charge in [0, 0.05) is 25.4 Å². The monoisotopic (exact) mass is 466 g/mol. The van der Waals surface area contributed by atoms with Crippen molar-refractivity contribution in [1.29, 1.82) is 0 Å². The van der Waals surface area contributed by atoms with E-state index in [2.05, 4.69) is 10.6 Å². The van der Waals surface area contributed by atoms with E-state index in [-0.39, 0.29) is 18.1 Å². The van der Waals surface area contributed by atoms with Gasteiger partial charge in [-0.1, -0.05) is 50.1 Å². The van der Waals surface area contributed by atoms with Crippen molar-refractivity contribution in [2.24, 2.45) is 5.92 Å². The number of benzene rings is 1. The van der Waals surface area contributed by atoms with E-state index in [1.165, 1.54) is 14.0 Å². The molecular weight excluding hydrogens is 436 g/mol. The molecule has 32 heavy (non-hydrogen) atoms. The number of hydrogen-bond acceptors (Lipinski definition) is 6. The number of rotatable bonds is 8. The van der Waals surface area contributed by atoms with Gasteiger partial charge in [-0.25, -0.2) is 9.59 Å². The smallest absolute Gasteiger partial charge is 0.410 e. The highest BCUT2D eigenvalue weighted by Gasteiger charge is 2.53. The van der Waals surface area contributed by atoms with Crippen LogP contribution in [0, 0.1) is 5.92 Å². The molecule has 1 aromatic rings. The van der Waals surface area contributed by atoms with E-state index in [9.17, 15) is 19.2 Å². The number of ether oxygens (including phenoxy) is 2. The molecule has 0 spiro atoms. The molecule has 1 aliphatic rings. The molecule has 0 radical (unpaired) electrons. The van der Waals surface area contributed by atoms with Crippen LogP contribution in [0.15, 0.2) is 24.3 Å². The standard InChI is InChI=1S/C23H31ClN2O6/c1-14(2)13-18(26-15(3)27)20(29)31-21(32-22(30)25-4)23(12-8-7-11-19(23)28)16-9-5-6-10-17(16)24/h5-6,9-10,14,18,21H,7-8,11-13H2,1-4H3,(H,25,30)(H,26,27)/t18-,21?,23-/m0/s1. The van der Waals surface area contributed by atoms with Gasteiger partial charge in [0.15, 0.2) is 5.78 Å². The molecule has 1 unspecified atom stereocenters. The summed E-state index contributed by atoms with van der Waals surface area (Å²) in [6, 6.07) is 5.81. The average Bonchev–Trinajstić information content (AvgIpc) is 2.73. The summed E-state index contributed by atoms with van der Waals surface area (Å²) < 4.78 is 11.2. The lowest BCUT2D eigenvalue weighted by Crippen LogP contribution is -2.55. The summed E-state index contributed by atoms with van der Waals surface area (Å²) in [4.78, 5) is 50.3. The second kappa shape index (κ2) is 11.3. The van der Waals surface area contributed by atoms with Crippen molar-refractivity contribution in [3.05, 3.63) is 34.9 Å². The molecule has 2 rings (SSSR count). The summed E-state index contributed by atoms with van der Waals surface area (Å²) in [6.45, 7) is 5.10. The van der Waals surface area contributed by atoms with Crippen molar-refractivity contribution in [2.45, 2.75) is 70.6 Å². The van der Waals surface area contributed by atoms with Crippen LogP contribution in [0.2, 0.25) is 5.02 Å². The zero-order valence-electron chi connectivity index (χ0n) is 18.9. The summed E-state index contributed by atoms with van der Waals surface area (Å²) in [6.07, 6.45) is -0.232. The Hall–Kier alpha value is -2.61. The van der Waals surface area contributed by atoms with Gasteiger partial charge in [-0.15, -0.1) is 0 Å². The van der Waals surface area contributed by atoms with Gasteiger partial charge >= 0.3 is 12.1 Å². The first-order valence-electron chi connectivity index (χ1n) is 10.8. The Balaban J connectivity index is 2.53. The Kier molecular flexibility index (Phi) is 9.07. The summed E-state index contributed by atoms with van der Waals surface area (Å²) >= 11 is 6.46. The highest BCUT2D eigenvalue weighted by atomic mass is 35.5. The number of halogens is 1. The molecule has 0 aliphatic heterocycles. The Bertz CT molecular complexity index is 859. The normalized spacial score (nSPS) is 20.2. The lowest BCUT2D eigenvalue weighted by molar-refractivity contribution is -0.188. The lowest BCUT2D eigenvalue weighted by atomic mass is 9.67. The molecule has 176 valence electrons. The topological polar surface area (TPSA) is 111 Å². The summed E-state index contributed by atoms with van der Waals surface area (Å²) in [5, 5.41) is 5.22. The van der Waals surface area contributed by atoms with Crippen molar-refractivity contribution < 1.29 is 28.7 Å². The molecule has 8 nitrogen and oxygen atoms in total. The third-order valence-electron chi connectivity index (χ3n) is 5.49. The van der Waals surface area contributed by atoms with Crippen molar-refractivity contribution >= 4 is 35.4 Å². The second-order valence-corrected chi connectivity index (χ2v) is 8.80. The van der Waals surface area contributed by atoms with E-state index in [1.807, 2.05) is 13.8 Å². The second-order valence-electron chi connectivity index (χ2n) is 8.39. The minimum atomic E-state index is -1.55. The molecule has 1 fully saturated rings. The first-order valence-corrected chi connectivity index (χ1v) is 11.1. The summed E-state index contributed by atoms with van der Waals surface area (Å²) in [5.41, 5.74) is -1.01. The lowest BCUT2D eigenvalue weighted by Gasteiger charge is -2.41. The van der Waals surface area contributed by atoms with E-state index in [4.69, 9.17) is 21.1 Å². The van der Waals surface area contributed by atoms with E-state index in [1.54, 1.807) is 24.3 Å². The van der Waals surface area contributed by atoms with Gasteiger partial charge in [-0.05, 0) is 36.8 Å². The molecule has 0 bridgehead atoms. The first kappa shape index (κ1) is 25.6. The van der Waals surface area contributed by atoms with Crippen LogP contribution >= 0.6 is 11.6 Å². The largest absolute Gasteiger partial charge is 0.422 e. The van der Waals surface area contributed by atoms with Gasteiger partial charge in [0.25, 0.3) is 6.29 Å². The van der Waals surface area contributed by atoms with Crippen LogP contribution in [0.3, 0.4) is 0 Å². The van der Waals surface area contributed by atoms with Crippen LogP contribution in [-0.4, -0.2) is 43.1 Å². The molecule has 2 amide bonds. The van der Waals surface area contributed by atoms with Crippen molar-refractivity contribution in [2.75, 3.05) is 7.05 Å². The summed E-state index contributed by atoms with van der Waals surface area (Å²) in [7, 11) is 1.37. The third-order valence-corrected chi connectivity index (χ3v) is 5.82. The highest BCUT2D eigenvalue weighted by Crippen LogP contribution is 2.44. The maximum Gasteiger partial charge on any atom is 0.410 e. The van der Waals surface area contributed by atoms with Gasteiger partial charge in [0.2, 0.25) is 5.91 Å². The van der Waals surface area contributed by atoms with Crippen LogP contribution in [0.25, 0.3) is 0 Å². The molecule has 0 heterocycles. The molecule has 1 aromatic carbocycles. The van der Waals surface area contributed by atoms with Crippen LogP contribution in [0.5, 0.6) is 0 Å². The Morgan fingerprint density at radius 2 is 1.84 bits per heavy atom. The number of esters is 1. The molecule has 2 N–H and O–H groups in total. The molecule has 3 atom stereocenters. The quantitative estimate of drug-likeness (QED) is 0.448. The van der Waals surface area contributed by atoms with E-state index < -0.39 is 35.7 Å². The van der Waals surface area contributed by atoms with Crippen molar-refractivity contribution in [1.82, 2.24) is 10.6 Å². The minimum Gasteiger partial charge on any atom is -0.422 e. The van der Waals surface area contributed by atoms with E-state index in [0.29, 0.717) is 36.3 Å². The van der Waals surface area contributed by atoms with Crippen LogP contribution in [-0.2, 0) is 29.3 Å². The average molecular weight is 467 g/mol. The Labute approximate surface area is 193 Å². The molecule has 1 aliphatic carbocycles. The fourth-order valence-corrected chi connectivity index (χ4v) is 4.34. The number of ketones is 1.